The molecule has 2 unspecified atom stereocenters. The molecule has 0 saturated carbocycles. The van der Waals surface area contributed by atoms with Gasteiger partial charge in [0, 0.05) is 22.4 Å². The topological polar surface area (TPSA) is 86.2 Å². The highest BCUT2D eigenvalue weighted by molar-refractivity contribution is 7.99. The number of nitrogen functional groups attached to an aromatic ring is 1. The molecule has 2 heterocycles. The van der Waals surface area contributed by atoms with Crippen LogP contribution in [0.4, 0.5) is 5.82 Å². The standard InChI is InChI=1S/C15H18N4OS/c1-9-6-10(15(16)18-7-9)14(19-17)12-8-21-13-5-3-2-4-11(13)20-12/h2-7,12,14,19H,8,17H2,1H3,(H2,16,18). The number of para-hydroxylation sites is 1. The average Bonchev–Trinajstić information content (AvgIpc) is 2.51. The minimum absolute atomic E-state index is 0.0965. The van der Waals surface area contributed by atoms with Crippen LogP contribution in [0.5, 0.6) is 5.75 Å². The summed E-state index contributed by atoms with van der Waals surface area (Å²) in [6.45, 7) is 1.98. The number of benzene rings is 1. The average molecular weight is 302 g/mol. The van der Waals surface area contributed by atoms with E-state index in [2.05, 4.69) is 16.5 Å². The third kappa shape index (κ3) is 2.83. The van der Waals surface area contributed by atoms with Gasteiger partial charge >= 0.3 is 0 Å². The van der Waals surface area contributed by atoms with Crippen LogP contribution in [0.2, 0.25) is 0 Å². The normalized spacial score (nSPS) is 18.7. The van der Waals surface area contributed by atoms with Gasteiger partial charge in [-0.05, 0) is 30.7 Å². The van der Waals surface area contributed by atoms with Crippen LogP contribution >= 0.6 is 11.8 Å². The third-order valence-electron chi connectivity index (χ3n) is 3.50. The Morgan fingerprint density at radius 3 is 3.05 bits per heavy atom. The summed E-state index contributed by atoms with van der Waals surface area (Å²) in [6, 6.07) is 9.81. The first kappa shape index (κ1) is 14.2. The second-order valence-corrected chi connectivity index (χ2v) is 6.11. The lowest BCUT2D eigenvalue weighted by Crippen LogP contribution is -2.42. The minimum Gasteiger partial charge on any atom is -0.486 e. The van der Waals surface area contributed by atoms with Gasteiger partial charge in [-0.15, -0.1) is 11.8 Å². The van der Waals surface area contributed by atoms with Crippen LogP contribution in [0, 0.1) is 6.92 Å². The zero-order chi connectivity index (χ0) is 14.8. The molecule has 5 N–H and O–H groups in total. The van der Waals surface area contributed by atoms with Gasteiger partial charge in [0.25, 0.3) is 0 Å². The molecular formula is C15H18N4OS. The predicted molar refractivity (Wildman–Crippen MR) is 85.0 cm³/mol. The van der Waals surface area contributed by atoms with Crippen molar-refractivity contribution >= 4 is 17.6 Å². The van der Waals surface area contributed by atoms with Gasteiger partial charge in [0.15, 0.2) is 0 Å². The van der Waals surface area contributed by atoms with Gasteiger partial charge in [-0.3, -0.25) is 5.84 Å². The van der Waals surface area contributed by atoms with Crippen LogP contribution in [-0.4, -0.2) is 16.8 Å². The molecule has 0 bridgehead atoms. The first-order valence-corrected chi connectivity index (χ1v) is 7.74. The minimum atomic E-state index is -0.196. The molecule has 0 radical (unpaired) electrons. The maximum atomic E-state index is 6.09. The molecular weight excluding hydrogens is 284 g/mol. The molecule has 1 aromatic carbocycles. The van der Waals surface area contributed by atoms with Crippen LogP contribution in [0.3, 0.4) is 0 Å². The van der Waals surface area contributed by atoms with Crippen molar-refractivity contribution in [2.45, 2.75) is 24.0 Å². The molecule has 2 atom stereocenters. The first-order chi connectivity index (χ1) is 10.2. The Kier molecular flexibility index (Phi) is 4.01. The van der Waals surface area contributed by atoms with E-state index in [0.717, 1.165) is 27.5 Å². The van der Waals surface area contributed by atoms with E-state index < -0.39 is 0 Å². The smallest absolute Gasteiger partial charge is 0.133 e. The molecule has 1 aliphatic rings. The summed E-state index contributed by atoms with van der Waals surface area (Å²) in [5.41, 5.74) is 10.7. The quantitative estimate of drug-likeness (QED) is 0.594. The Labute approximate surface area is 128 Å². The van der Waals surface area contributed by atoms with Crippen molar-refractivity contribution in [1.29, 1.82) is 0 Å². The Morgan fingerprint density at radius 1 is 1.43 bits per heavy atom. The molecule has 5 nitrogen and oxygen atoms in total. The molecule has 0 fully saturated rings. The summed E-state index contributed by atoms with van der Waals surface area (Å²) in [4.78, 5) is 5.36. The third-order valence-corrected chi connectivity index (χ3v) is 4.65. The predicted octanol–water partition coefficient (Wildman–Crippen LogP) is 2.03. The van der Waals surface area contributed by atoms with Gasteiger partial charge in [-0.25, -0.2) is 10.4 Å². The zero-order valence-electron chi connectivity index (χ0n) is 11.7. The van der Waals surface area contributed by atoms with E-state index in [1.807, 2.05) is 31.2 Å². The second kappa shape index (κ2) is 5.93. The highest BCUT2D eigenvalue weighted by atomic mass is 32.2. The monoisotopic (exact) mass is 302 g/mol. The second-order valence-electron chi connectivity index (χ2n) is 5.05. The zero-order valence-corrected chi connectivity index (χ0v) is 12.6. The first-order valence-electron chi connectivity index (χ1n) is 6.75. The Balaban J connectivity index is 1.90. The van der Waals surface area contributed by atoms with Crippen molar-refractivity contribution in [2.75, 3.05) is 11.5 Å². The van der Waals surface area contributed by atoms with Crippen molar-refractivity contribution in [1.82, 2.24) is 10.4 Å². The lowest BCUT2D eigenvalue weighted by Gasteiger charge is -2.32. The van der Waals surface area contributed by atoms with E-state index in [-0.39, 0.29) is 12.1 Å². The number of fused-ring (bicyclic) bond motifs is 1. The largest absolute Gasteiger partial charge is 0.486 e. The molecule has 0 saturated heterocycles. The molecule has 21 heavy (non-hydrogen) atoms. The maximum Gasteiger partial charge on any atom is 0.133 e. The molecule has 2 aromatic rings. The number of thioether (sulfide) groups is 1. The number of nitrogens with two attached hydrogens (primary N) is 2. The number of nitrogens with zero attached hydrogens (tertiary/aromatic N) is 1. The summed E-state index contributed by atoms with van der Waals surface area (Å²) >= 11 is 1.76. The molecule has 110 valence electrons. The lowest BCUT2D eigenvalue weighted by atomic mass is 10.0. The van der Waals surface area contributed by atoms with Crippen molar-refractivity contribution < 1.29 is 4.74 Å². The fourth-order valence-electron chi connectivity index (χ4n) is 2.45. The SMILES string of the molecule is Cc1cnc(N)c(C(NN)C2CSc3ccccc3O2)c1. The number of rotatable bonds is 3. The molecule has 1 aliphatic heterocycles. The van der Waals surface area contributed by atoms with E-state index in [9.17, 15) is 0 Å². The van der Waals surface area contributed by atoms with E-state index in [1.54, 1.807) is 18.0 Å². The van der Waals surface area contributed by atoms with Gasteiger partial charge in [0.05, 0.1) is 6.04 Å². The lowest BCUT2D eigenvalue weighted by molar-refractivity contribution is 0.167. The number of nitrogens with one attached hydrogen (secondary N) is 1. The van der Waals surface area contributed by atoms with E-state index >= 15 is 0 Å². The number of aryl methyl sites for hydroxylation is 1. The fourth-order valence-corrected chi connectivity index (χ4v) is 3.49. The van der Waals surface area contributed by atoms with Crippen LogP contribution in [0.25, 0.3) is 0 Å². The summed E-state index contributed by atoms with van der Waals surface area (Å²) < 4.78 is 6.09. The van der Waals surface area contributed by atoms with E-state index in [0.29, 0.717) is 5.82 Å². The van der Waals surface area contributed by atoms with Crippen molar-refractivity contribution in [3.05, 3.63) is 47.7 Å². The number of ether oxygens (including phenoxy) is 1. The van der Waals surface area contributed by atoms with Crippen molar-refractivity contribution in [2.24, 2.45) is 5.84 Å². The van der Waals surface area contributed by atoms with Gasteiger partial charge in [0.1, 0.15) is 17.7 Å². The number of aromatic nitrogens is 1. The Morgan fingerprint density at radius 2 is 2.24 bits per heavy atom. The molecule has 6 heteroatoms. The van der Waals surface area contributed by atoms with Crippen molar-refractivity contribution in [3.63, 3.8) is 0 Å². The summed E-state index contributed by atoms with van der Waals surface area (Å²) in [5.74, 6) is 7.93. The van der Waals surface area contributed by atoms with Crippen LogP contribution < -0.4 is 21.7 Å². The van der Waals surface area contributed by atoms with Gasteiger partial charge in [-0.1, -0.05) is 12.1 Å². The number of hydrazine groups is 1. The summed E-state index contributed by atoms with van der Waals surface area (Å²) in [7, 11) is 0. The molecule has 0 spiro atoms. The number of hydrogen-bond donors (Lipinski definition) is 3. The Bertz CT molecular complexity index is 649. The van der Waals surface area contributed by atoms with Crippen molar-refractivity contribution in [3.8, 4) is 5.75 Å². The highest BCUT2D eigenvalue weighted by Gasteiger charge is 2.30. The summed E-state index contributed by atoms with van der Waals surface area (Å²) in [6.07, 6.45) is 1.65. The number of pyridine rings is 1. The highest BCUT2D eigenvalue weighted by Crippen LogP contribution is 2.38. The molecule has 0 amide bonds. The molecule has 1 aromatic heterocycles. The van der Waals surface area contributed by atoms with E-state index in [4.69, 9.17) is 16.3 Å². The van der Waals surface area contributed by atoms with Gasteiger partial charge in [-0.2, -0.15) is 0 Å². The Hall–Kier alpha value is -1.76. The van der Waals surface area contributed by atoms with Gasteiger partial charge < -0.3 is 10.5 Å². The van der Waals surface area contributed by atoms with Crippen LogP contribution in [0.15, 0.2) is 41.4 Å². The van der Waals surface area contributed by atoms with Gasteiger partial charge in [0.2, 0.25) is 0 Å². The molecule has 0 aliphatic carbocycles. The van der Waals surface area contributed by atoms with Crippen LogP contribution in [-0.2, 0) is 0 Å². The number of hydrogen-bond acceptors (Lipinski definition) is 6. The van der Waals surface area contributed by atoms with E-state index in [1.165, 1.54) is 0 Å². The fraction of sp³-hybridized carbons (Fsp3) is 0.267. The van der Waals surface area contributed by atoms with Crippen LogP contribution in [0.1, 0.15) is 17.2 Å². The summed E-state index contributed by atoms with van der Waals surface area (Å²) in [5, 5.41) is 0. The number of anilines is 1. The maximum absolute atomic E-state index is 6.09. The molecule has 3 rings (SSSR count).